The molecule has 0 aliphatic carbocycles. The molecule has 0 atom stereocenters. The molecule has 7 rings (SSSR count). The highest BCUT2D eigenvalue weighted by Gasteiger charge is 2.13. The van der Waals surface area contributed by atoms with E-state index in [2.05, 4.69) is 62.4 Å². The van der Waals surface area contributed by atoms with Crippen molar-refractivity contribution in [2.75, 3.05) is 0 Å². The maximum Gasteiger partial charge on any atom is 0.0737 e. The Labute approximate surface area is 206 Å². The molecule has 0 unspecified atom stereocenters. The average Bonchev–Trinajstić information content (AvgIpc) is 3.72. The van der Waals surface area contributed by atoms with Crippen LogP contribution in [0.2, 0.25) is 0 Å². The van der Waals surface area contributed by atoms with Crippen LogP contribution in [0.1, 0.15) is 22.8 Å². The molecule has 36 heavy (non-hydrogen) atoms. The number of H-pyrrole nitrogens is 2. The van der Waals surface area contributed by atoms with E-state index < -0.39 is 0 Å². The van der Waals surface area contributed by atoms with Crippen LogP contribution < -0.4 is 0 Å². The van der Waals surface area contributed by atoms with Gasteiger partial charge in [-0.3, -0.25) is 9.97 Å². The lowest BCUT2D eigenvalue weighted by Crippen LogP contribution is -1.87. The van der Waals surface area contributed by atoms with Crippen LogP contribution in [0.25, 0.3) is 68.6 Å². The Hall–Kier alpha value is -5.10. The first-order chi connectivity index (χ1) is 17.8. The summed E-state index contributed by atoms with van der Waals surface area (Å²) >= 11 is 0. The van der Waals surface area contributed by atoms with Crippen molar-refractivity contribution >= 4 is 46.4 Å². The first kappa shape index (κ1) is 20.3. The largest absolute Gasteiger partial charge is 0.355 e. The predicted octanol–water partition coefficient (Wildman–Crippen LogP) is 6.78. The van der Waals surface area contributed by atoms with Gasteiger partial charge in [0.05, 0.1) is 22.8 Å². The zero-order chi connectivity index (χ0) is 23.9. The summed E-state index contributed by atoms with van der Waals surface area (Å²) in [5, 5.41) is 0. The number of rotatable bonds is 2. The maximum absolute atomic E-state index is 4.94. The lowest BCUT2D eigenvalue weighted by Gasteiger charge is -2.03. The minimum atomic E-state index is 0.853. The maximum atomic E-state index is 4.94. The minimum absolute atomic E-state index is 0.853. The van der Waals surface area contributed by atoms with Crippen molar-refractivity contribution in [2.45, 2.75) is 0 Å². The molecule has 0 saturated heterocycles. The van der Waals surface area contributed by atoms with Crippen molar-refractivity contribution in [3.8, 4) is 22.3 Å². The molecular formula is C30H20N6. The van der Waals surface area contributed by atoms with Crippen LogP contribution >= 0.6 is 0 Å². The zero-order valence-corrected chi connectivity index (χ0v) is 19.2. The second-order valence-corrected chi connectivity index (χ2v) is 8.69. The molecule has 0 radical (unpaired) electrons. The van der Waals surface area contributed by atoms with Gasteiger partial charge < -0.3 is 9.97 Å². The summed E-state index contributed by atoms with van der Waals surface area (Å²) in [5.41, 5.74) is 11.4. The number of aromatic nitrogens is 6. The van der Waals surface area contributed by atoms with Crippen LogP contribution in [0.4, 0.5) is 0 Å². The second-order valence-electron chi connectivity index (χ2n) is 8.69. The SMILES string of the molecule is C1=Cc2nc1cc1nc(c(-c3cccnc3)c3ccc(cc4ccc([nH]4)c2-c2cccnc2)[nH]3)C=C1. The molecule has 2 aliphatic heterocycles. The van der Waals surface area contributed by atoms with Gasteiger partial charge in [0.15, 0.2) is 0 Å². The van der Waals surface area contributed by atoms with Crippen LogP contribution in [0.15, 0.2) is 85.5 Å². The molecule has 0 amide bonds. The van der Waals surface area contributed by atoms with Crippen LogP contribution in [-0.2, 0) is 0 Å². The van der Waals surface area contributed by atoms with Gasteiger partial charge in [-0.15, -0.1) is 0 Å². The van der Waals surface area contributed by atoms with Crippen LogP contribution in [-0.4, -0.2) is 29.9 Å². The first-order valence-corrected chi connectivity index (χ1v) is 11.7. The van der Waals surface area contributed by atoms with Gasteiger partial charge in [-0.25, -0.2) is 9.97 Å². The van der Waals surface area contributed by atoms with E-state index >= 15 is 0 Å². The summed E-state index contributed by atoms with van der Waals surface area (Å²) in [6, 6.07) is 20.4. The third kappa shape index (κ3) is 3.61. The van der Waals surface area contributed by atoms with E-state index in [1.165, 1.54) is 0 Å². The van der Waals surface area contributed by atoms with Crippen molar-refractivity contribution in [3.63, 3.8) is 0 Å². The number of hydrogen-bond acceptors (Lipinski definition) is 4. The van der Waals surface area contributed by atoms with Gasteiger partial charge >= 0.3 is 0 Å². The van der Waals surface area contributed by atoms with Crippen molar-refractivity contribution in [2.24, 2.45) is 0 Å². The molecule has 6 heteroatoms. The summed E-state index contributed by atoms with van der Waals surface area (Å²) in [4.78, 5) is 25.7. The molecule has 5 aromatic rings. The number of pyridine rings is 2. The molecule has 5 aromatic heterocycles. The zero-order valence-electron chi connectivity index (χ0n) is 19.2. The van der Waals surface area contributed by atoms with Gasteiger partial charge in [0.2, 0.25) is 0 Å². The van der Waals surface area contributed by atoms with Gasteiger partial charge in [-0.05, 0) is 72.8 Å². The first-order valence-electron chi connectivity index (χ1n) is 11.7. The van der Waals surface area contributed by atoms with Gasteiger partial charge in [-0.1, -0.05) is 12.1 Å². The Morgan fingerprint density at radius 3 is 1.53 bits per heavy atom. The standard InChI is InChI=1S/C30H20N6/c1-3-19(17-31-13-1)29-25-9-5-21(33-25)15-23-7-11-27(35-23)30(20-4-2-14-32-18-20)28-12-8-24(36-28)16-22-6-10-26(29)34-22/h1-18,33,35H. The van der Waals surface area contributed by atoms with Gasteiger partial charge in [0.1, 0.15) is 0 Å². The second kappa shape index (κ2) is 8.29. The fourth-order valence-electron chi connectivity index (χ4n) is 4.70. The molecule has 0 fully saturated rings. The lowest BCUT2D eigenvalue weighted by molar-refractivity contribution is 1.27. The number of aromatic amines is 2. The van der Waals surface area contributed by atoms with Gasteiger partial charge in [0, 0.05) is 69.1 Å². The summed E-state index contributed by atoms with van der Waals surface area (Å²) in [7, 11) is 0. The molecule has 0 spiro atoms. The fourth-order valence-corrected chi connectivity index (χ4v) is 4.70. The molecule has 2 N–H and O–H groups in total. The number of hydrogen-bond donors (Lipinski definition) is 2. The quantitative estimate of drug-likeness (QED) is 0.295. The number of nitrogens with zero attached hydrogens (tertiary/aromatic N) is 4. The molecule has 0 aromatic carbocycles. The van der Waals surface area contributed by atoms with E-state index in [-0.39, 0.29) is 0 Å². The smallest absolute Gasteiger partial charge is 0.0737 e. The third-order valence-electron chi connectivity index (χ3n) is 6.30. The van der Waals surface area contributed by atoms with Crippen LogP contribution in [0.3, 0.4) is 0 Å². The van der Waals surface area contributed by atoms with E-state index in [1.807, 2.05) is 54.9 Å². The number of fused-ring (bicyclic) bond motifs is 8. The highest BCUT2D eigenvalue weighted by molar-refractivity contribution is 5.92. The molecule has 0 saturated carbocycles. The predicted molar refractivity (Wildman–Crippen MR) is 145 cm³/mol. The van der Waals surface area contributed by atoms with E-state index in [9.17, 15) is 0 Å². The summed E-state index contributed by atoms with van der Waals surface area (Å²) in [6.45, 7) is 0. The summed E-state index contributed by atoms with van der Waals surface area (Å²) in [6.07, 6.45) is 15.4. The average molecular weight is 465 g/mol. The topological polar surface area (TPSA) is 83.1 Å². The van der Waals surface area contributed by atoms with Crippen molar-refractivity contribution < 1.29 is 0 Å². The Balaban J connectivity index is 1.58. The Bertz CT molecular complexity index is 1690. The monoisotopic (exact) mass is 464 g/mol. The van der Waals surface area contributed by atoms with E-state index in [0.29, 0.717) is 0 Å². The normalized spacial score (nSPS) is 12.2. The molecule has 2 aliphatic rings. The molecular weight excluding hydrogens is 444 g/mol. The minimum Gasteiger partial charge on any atom is -0.355 e. The third-order valence-corrected chi connectivity index (χ3v) is 6.30. The summed E-state index contributed by atoms with van der Waals surface area (Å²) < 4.78 is 0. The molecule has 8 bridgehead atoms. The highest BCUT2D eigenvalue weighted by Crippen LogP contribution is 2.31. The van der Waals surface area contributed by atoms with E-state index in [4.69, 9.17) is 9.97 Å². The van der Waals surface area contributed by atoms with Crippen molar-refractivity contribution in [1.82, 2.24) is 29.9 Å². The van der Waals surface area contributed by atoms with Gasteiger partial charge in [0.25, 0.3) is 0 Å². The Kier molecular flexibility index (Phi) is 4.67. The fraction of sp³-hybridized carbons (Fsp3) is 0. The summed E-state index contributed by atoms with van der Waals surface area (Å²) in [5.74, 6) is 0. The lowest BCUT2D eigenvalue weighted by atomic mass is 10.1. The molecule has 6 nitrogen and oxygen atoms in total. The molecule has 170 valence electrons. The van der Waals surface area contributed by atoms with Crippen molar-refractivity contribution in [3.05, 3.63) is 108 Å². The Morgan fingerprint density at radius 1 is 0.528 bits per heavy atom. The van der Waals surface area contributed by atoms with Crippen LogP contribution in [0.5, 0.6) is 0 Å². The van der Waals surface area contributed by atoms with Gasteiger partial charge in [-0.2, -0.15) is 0 Å². The van der Waals surface area contributed by atoms with E-state index in [1.54, 1.807) is 12.4 Å². The van der Waals surface area contributed by atoms with Crippen LogP contribution in [0, 0.1) is 0 Å². The van der Waals surface area contributed by atoms with E-state index in [0.717, 1.165) is 67.1 Å². The van der Waals surface area contributed by atoms with Crippen molar-refractivity contribution in [1.29, 1.82) is 0 Å². The number of nitrogens with one attached hydrogen (secondary N) is 2. The molecule has 7 heterocycles. The highest BCUT2D eigenvalue weighted by atomic mass is 14.8. The Morgan fingerprint density at radius 2 is 1.06 bits per heavy atom.